The molecule has 0 unspecified atom stereocenters. The zero-order valence-corrected chi connectivity index (χ0v) is 16.9. The van der Waals surface area contributed by atoms with Gasteiger partial charge in [-0.1, -0.05) is 21.6 Å². The van der Waals surface area contributed by atoms with Gasteiger partial charge in [-0.15, -0.1) is 0 Å². The van der Waals surface area contributed by atoms with Crippen molar-refractivity contribution in [1.82, 2.24) is 5.32 Å². The SMILES string of the molecule is COc1ccc(N/C(=C(\C=N)C(=O)NCCCSSCCN)C(F)(F)F)cc1. The van der Waals surface area contributed by atoms with Crippen molar-refractivity contribution < 1.29 is 22.7 Å². The summed E-state index contributed by atoms with van der Waals surface area (Å²) in [5, 5.41) is 11.9. The number of allylic oxidation sites excluding steroid dienone is 1. The first-order valence-electron chi connectivity index (χ1n) is 8.29. The molecule has 0 bridgehead atoms. The zero-order chi connectivity index (χ0) is 21.0. The lowest BCUT2D eigenvalue weighted by molar-refractivity contribution is -0.118. The lowest BCUT2D eigenvalue weighted by atomic mass is 10.1. The molecule has 0 aromatic heterocycles. The Kier molecular flexibility index (Phi) is 10.9. The standard InChI is InChI=1S/C17H23F3N4O2S2/c1-26-13-5-3-12(4-6-13)24-15(17(18,19)20)14(11-22)16(25)23-8-2-9-27-28-10-7-21/h3-6,11,22,24H,2,7-10,21H2,1H3,(H,23,25)/b15-14+,22-11?. The summed E-state index contributed by atoms with van der Waals surface area (Å²) >= 11 is 0. The van der Waals surface area contributed by atoms with E-state index >= 15 is 0 Å². The molecule has 0 atom stereocenters. The highest BCUT2D eigenvalue weighted by molar-refractivity contribution is 8.76. The van der Waals surface area contributed by atoms with Crippen LogP contribution in [0, 0.1) is 5.41 Å². The number of rotatable bonds is 12. The minimum atomic E-state index is -4.83. The van der Waals surface area contributed by atoms with Crippen molar-refractivity contribution in [3.63, 3.8) is 0 Å². The Morgan fingerprint density at radius 1 is 1.25 bits per heavy atom. The van der Waals surface area contributed by atoms with E-state index < -0.39 is 23.4 Å². The van der Waals surface area contributed by atoms with Crippen LogP contribution in [-0.2, 0) is 4.79 Å². The van der Waals surface area contributed by atoms with Gasteiger partial charge in [0, 0.05) is 36.5 Å². The normalized spacial score (nSPS) is 12.2. The fourth-order valence-electron chi connectivity index (χ4n) is 1.96. The summed E-state index contributed by atoms with van der Waals surface area (Å²) in [7, 11) is 4.63. The molecule has 0 aliphatic rings. The van der Waals surface area contributed by atoms with E-state index in [1.54, 1.807) is 21.6 Å². The molecule has 28 heavy (non-hydrogen) atoms. The smallest absolute Gasteiger partial charge is 0.432 e. The summed E-state index contributed by atoms with van der Waals surface area (Å²) in [6.07, 6.45) is -3.84. The molecule has 1 aromatic rings. The lowest BCUT2D eigenvalue weighted by Crippen LogP contribution is -2.32. The Balaban J connectivity index is 2.81. The van der Waals surface area contributed by atoms with E-state index in [0.29, 0.717) is 24.9 Å². The van der Waals surface area contributed by atoms with Crippen LogP contribution in [0.5, 0.6) is 5.75 Å². The highest BCUT2D eigenvalue weighted by atomic mass is 33.1. The predicted octanol–water partition coefficient (Wildman–Crippen LogP) is 3.42. The molecule has 1 aromatic carbocycles. The second kappa shape index (κ2) is 12.6. The maximum Gasteiger partial charge on any atom is 0.432 e. The average Bonchev–Trinajstić information content (AvgIpc) is 2.67. The van der Waals surface area contributed by atoms with E-state index in [4.69, 9.17) is 15.9 Å². The van der Waals surface area contributed by atoms with Crippen molar-refractivity contribution in [2.24, 2.45) is 5.73 Å². The van der Waals surface area contributed by atoms with Gasteiger partial charge in [0.1, 0.15) is 11.4 Å². The number of carbonyl (C=O) groups excluding carboxylic acids is 1. The van der Waals surface area contributed by atoms with Gasteiger partial charge < -0.3 is 26.5 Å². The number of benzene rings is 1. The van der Waals surface area contributed by atoms with Crippen LogP contribution in [0.1, 0.15) is 6.42 Å². The van der Waals surface area contributed by atoms with Gasteiger partial charge in [0.15, 0.2) is 0 Å². The number of nitrogens with two attached hydrogens (primary N) is 1. The van der Waals surface area contributed by atoms with E-state index in [9.17, 15) is 18.0 Å². The van der Waals surface area contributed by atoms with Crippen LogP contribution >= 0.6 is 21.6 Å². The van der Waals surface area contributed by atoms with Gasteiger partial charge in [-0.25, -0.2) is 0 Å². The summed E-state index contributed by atoms with van der Waals surface area (Å²) < 4.78 is 45.4. The molecule has 0 heterocycles. The van der Waals surface area contributed by atoms with E-state index in [1.165, 1.54) is 31.4 Å². The second-order valence-electron chi connectivity index (χ2n) is 5.33. The van der Waals surface area contributed by atoms with Gasteiger partial charge in [-0.05, 0) is 30.7 Å². The number of amides is 1. The van der Waals surface area contributed by atoms with Crippen molar-refractivity contribution >= 4 is 39.4 Å². The van der Waals surface area contributed by atoms with Crippen molar-refractivity contribution in [3.8, 4) is 5.75 Å². The first kappa shape index (κ1) is 24.2. The van der Waals surface area contributed by atoms with Gasteiger partial charge >= 0.3 is 6.18 Å². The van der Waals surface area contributed by atoms with Gasteiger partial charge in [0.05, 0.1) is 12.7 Å². The van der Waals surface area contributed by atoms with Crippen molar-refractivity contribution in [2.45, 2.75) is 12.6 Å². The van der Waals surface area contributed by atoms with Crippen LogP contribution in [0.2, 0.25) is 0 Å². The van der Waals surface area contributed by atoms with Crippen molar-refractivity contribution in [3.05, 3.63) is 35.5 Å². The molecule has 0 aliphatic carbocycles. The molecule has 0 radical (unpaired) electrons. The fourth-order valence-corrected chi connectivity index (χ4v) is 3.90. The number of nitrogens with one attached hydrogen (secondary N) is 3. The van der Waals surface area contributed by atoms with Crippen molar-refractivity contribution in [1.29, 1.82) is 5.41 Å². The predicted molar refractivity (Wildman–Crippen MR) is 110 cm³/mol. The van der Waals surface area contributed by atoms with Gasteiger partial charge in [-0.3, -0.25) is 4.79 Å². The third-order valence-electron chi connectivity index (χ3n) is 3.28. The molecular weight excluding hydrogens is 413 g/mol. The molecule has 11 heteroatoms. The molecular formula is C17H23F3N4O2S2. The number of anilines is 1. The fraction of sp³-hybridized carbons (Fsp3) is 0.412. The first-order valence-corrected chi connectivity index (χ1v) is 10.8. The quantitative estimate of drug-likeness (QED) is 0.173. The molecule has 0 fully saturated rings. The molecule has 156 valence electrons. The van der Waals surface area contributed by atoms with Gasteiger partial charge in [-0.2, -0.15) is 13.2 Å². The number of carbonyl (C=O) groups is 1. The number of halogens is 3. The largest absolute Gasteiger partial charge is 0.497 e. The maximum absolute atomic E-state index is 13.5. The Morgan fingerprint density at radius 3 is 2.43 bits per heavy atom. The molecule has 5 N–H and O–H groups in total. The summed E-state index contributed by atoms with van der Waals surface area (Å²) in [5.74, 6) is 1.06. The van der Waals surface area contributed by atoms with E-state index in [1.807, 2.05) is 0 Å². The van der Waals surface area contributed by atoms with Gasteiger partial charge in [0.2, 0.25) is 0 Å². The van der Waals surface area contributed by atoms with Crippen LogP contribution in [0.25, 0.3) is 0 Å². The molecule has 1 rings (SSSR count). The number of ether oxygens (including phenoxy) is 1. The molecule has 6 nitrogen and oxygen atoms in total. The summed E-state index contributed by atoms with van der Waals surface area (Å²) in [4.78, 5) is 12.2. The number of methoxy groups -OCH3 is 1. The van der Waals surface area contributed by atoms with E-state index in [2.05, 4.69) is 10.6 Å². The first-order chi connectivity index (χ1) is 13.3. The summed E-state index contributed by atoms with van der Waals surface area (Å²) in [6.45, 7) is 0.781. The third kappa shape index (κ3) is 8.44. The molecule has 0 saturated heterocycles. The van der Waals surface area contributed by atoms with Crippen LogP contribution in [0.3, 0.4) is 0 Å². The molecule has 0 spiro atoms. The van der Waals surface area contributed by atoms with Crippen LogP contribution in [-0.4, -0.2) is 50.0 Å². The minimum Gasteiger partial charge on any atom is -0.497 e. The Morgan fingerprint density at radius 2 is 1.89 bits per heavy atom. The zero-order valence-electron chi connectivity index (χ0n) is 15.3. The summed E-state index contributed by atoms with van der Waals surface area (Å²) in [5.41, 5.74) is 3.41. The molecule has 0 saturated carbocycles. The second-order valence-corrected chi connectivity index (χ2v) is 8.03. The van der Waals surface area contributed by atoms with E-state index in [-0.39, 0.29) is 12.2 Å². The van der Waals surface area contributed by atoms with Crippen molar-refractivity contribution in [2.75, 3.05) is 37.0 Å². The minimum absolute atomic E-state index is 0.119. The number of alkyl halides is 3. The Bertz CT molecular complexity index is 667. The summed E-state index contributed by atoms with van der Waals surface area (Å²) in [6, 6.07) is 5.75. The molecule has 1 amide bonds. The van der Waals surface area contributed by atoms with E-state index in [0.717, 1.165) is 11.5 Å². The van der Waals surface area contributed by atoms with Crippen LogP contribution < -0.4 is 21.1 Å². The highest BCUT2D eigenvalue weighted by Gasteiger charge is 2.38. The topological polar surface area (TPSA) is 100 Å². The average molecular weight is 437 g/mol. The third-order valence-corrected chi connectivity index (χ3v) is 5.80. The number of hydrogen-bond acceptors (Lipinski definition) is 7. The van der Waals surface area contributed by atoms with Crippen LogP contribution in [0.15, 0.2) is 35.5 Å². The lowest BCUT2D eigenvalue weighted by Gasteiger charge is -2.17. The number of hydrogen-bond donors (Lipinski definition) is 4. The van der Waals surface area contributed by atoms with Crippen LogP contribution in [0.4, 0.5) is 18.9 Å². The Labute approximate surface area is 169 Å². The monoisotopic (exact) mass is 436 g/mol. The maximum atomic E-state index is 13.5. The van der Waals surface area contributed by atoms with Gasteiger partial charge in [0.25, 0.3) is 5.91 Å². The molecule has 0 aliphatic heterocycles. The Hall–Kier alpha value is -1.85. The highest BCUT2D eigenvalue weighted by Crippen LogP contribution is 2.30.